The molecule has 0 bridgehead atoms. The fourth-order valence-electron chi connectivity index (χ4n) is 2.09. The highest BCUT2D eigenvalue weighted by molar-refractivity contribution is 5.75. The average molecular weight is 266 g/mol. The van der Waals surface area contributed by atoms with E-state index in [-0.39, 0.29) is 6.10 Å². The summed E-state index contributed by atoms with van der Waals surface area (Å²) < 4.78 is 6.02. The Morgan fingerprint density at radius 2 is 1.95 bits per heavy atom. The monoisotopic (exact) mass is 266 g/mol. The zero-order valence-corrected chi connectivity index (χ0v) is 11.6. The summed E-state index contributed by atoms with van der Waals surface area (Å²) in [6, 6.07) is 15.5. The SMILES string of the molecule is C=CCc1cc(C=O)ccc1O[C@@H](C)c1ccccc1. The van der Waals surface area contributed by atoms with Gasteiger partial charge in [0.2, 0.25) is 0 Å². The zero-order valence-electron chi connectivity index (χ0n) is 11.6. The molecule has 0 aliphatic carbocycles. The summed E-state index contributed by atoms with van der Waals surface area (Å²) in [4.78, 5) is 10.9. The number of benzene rings is 2. The molecule has 20 heavy (non-hydrogen) atoms. The summed E-state index contributed by atoms with van der Waals surface area (Å²) in [5.41, 5.74) is 2.76. The molecule has 0 spiro atoms. The van der Waals surface area contributed by atoms with Crippen LogP contribution in [-0.2, 0) is 6.42 Å². The van der Waals surface area contributed by atoms with Crippen LogP contribution in [-0.4, -0.2) is 6.29 Å². The number of hydrogen-bond acceptors (Lipinski definition) is 2. The number of aldehydes is 1. The maximum atomic E-state index is 10.9. The lowest BCUT2D eigenvalue weighted by molar-refractivity contribution is 0.112. The van der Waals surface area contributed by atoms with Gasteiger partial charge in [0.05, 0.1) is 0 Å². The van der Waals surface area contributed by atoms with E-state index >= 15 is 0 Å². The van der Waals surface area contributed by atoms with E-state index in [1.54, 1.807) is 6.07 Å². The van der Waals surface area contributed by atoms with Gasteiger partial charge in [0.25, 0.3) is 0 Å². The third-order valence-corrected chi connectivity index (χ3v) is 3.16. The predicted molar refractivity (Wildman–Crippen MR) is 81.2 cm³/mol. The van der Waals surface area contributed by atoms with Gasteiger partial charge >= 0.3 is 0 Å². The van der Waals surface area contributed by atoms with Gasteiger partial charge in [-0.3, -0.25) is 4.79 Å². The van der Waals surface area contributed by atoms with Crippen LogP contribution in [0.25, 0.3) is 0 Å². The molecule has 2 heteroatoms. The largest absolute Gasteiger partial charge is 0.486 e. The fourth-order valence-corrected chi connectivity index (χ4v) is 2.09. The van der Waals surface area contributed by atoms with Crippen LogP contribution in [0.1, 0.15) is 34.5 Å². The highest BCUT2D eigenvalue weighted by Gasteiger charge is 2.10. The second kappa shape index (κ2) is 6.71. The Bertz CT molecular complexity index is 588. The van der Waals surface area contributed by atoms with E-state index < -0.39 is 0 Å². The van der Waals surface area contributed by atoms with Crippen molar-refractivity contribution >= 4 is 6.29 Å². The van der Waals surface area contributed by atoms with Crippen molar-refractivity contribution in [3.8, 4) is 5.75 Å². The lowest BCUT2D eigenvalue weighted by Gasteiger charge is -2.17. The van der Waals surface area contributed by atoms with Crippen molar-refractivity contribution in [2.75, 3.05) is 0 Å². The van der Waals surface area contributed by atoms with Gasteiger partial charge < -0.3 is 4.74 Å². The van der Waals surface area contributed by atoms with E-state index in [2.05, 4.69) is 6.58 Å². The van der Waals surface area contributed by atoms with Crippen LogP contribution >= 0.6 is 0 Å². The van der Waals surface area contributed by atoms with E-state index in [0.29, 0.717) is 12.0 Å². The minimum Gasteiger partial charge on any atom is -0.486 e. The Hall–Kier alpha value is -2.35. The molecule has 0 unspecified atom stereocenters. The van der Waals surface area contributed by atoms with Gasteiger partial charge in [-0.05, 0) is 42.7 Å². The van der Waals surface area contributed by atoms with E-state index in [9.17, 15) is 4.79 Å². The Labute approximate surface area is 119 Å². The van der Waals surface area contributed by atoms with Crippen molar-refractivity contribution in [3.63, 3.8) is 0 Å². The highest BCUT2D eigenvalue weighted by Crippen LogP contribution is 2.26. The number of ether oxygens (including phenoxy) is 1. The average Bonchev–Trinajstić information content (AvgIpc) is 2.50. The summed E-state index contributed by atoms with van der Waals surface area (Å²) in [5, 5.41) is 0. The Kier molecular flexibility index (Phi) is 4.72. The lowest BCUT2D eigenvalue weighted by Crippen LogP contribution is -2.05. The van der Waals surface area contributed by atoms with E-state index in [0.717, 1.165) is 23.2 Å². The molecule has 2 rings (SSSR count). The molecule has 2 nitrogen and oxygen atoms in total. The van der Waals surface area contributed by atoms with Gasteiger partial charge in [0.15, 0.2) is 0 Å². The van der Waals surface area contributed by atoms with Gasteiger partial charge in [0.1, 0.15) is 18.1 Å². The second-order valence-electron chi connectivity index (χ2n) is 4.65. The van der Waals surface area contributed by atoms with Crippen LogP contribution in [0.5, 0.6) is 5.75 Å². The third kappa shape index (κ3) is 3.35. The first-order chi connectivity index (χ1) is 9.74. The van der Waals surface area contributed by atoms with Crippen LogP contribution in [0, 0.1) is 0 Å². The lowest BCUT2D eigenvalue weighted by atomic mass is 10.1. The molecule has 0 saturated carbocycles. The normalized spacial score (nSPS) is 11.7. The minimum atomic E-state index is -0.0400. The molecule has 0 aliphatic heterocycles. The van der Waals surface area contributed by atoms with Crippen LogP contribution in [0.3, 0.4) is 0 Å². The molecule has 0 heterocycles. The van der Waals surface area contributed by atoms with E-state index in [1.165, 1.54) is 0 Å². The standard InChI is InChI=1S/C18H18O2/c1-3-7-17-12-15(13-19)10-11-18(17)20-14(2)16-8-5-4-6-9-16/h3-6,8-14H,1,7H2,2H3/t14-/m0/s1. The Morgan fingerprint density at radius 3 is 2.60 bits per heavy atom. The van der Waals surface area contributed by atoms with Crippen molar-refractivity contribution in [1.29, 1.82) is 0 Å². The summed E-state index contributed by atoms with van der Waals surface area (Å²) in [6.45, 7) is 5.76. The molecule has 0 aromatic heterocycles. The number of rotatable bonds is 6. The van der Waals surface area contributed by atoms with Crippen LogP contribution < -0.4 is 4.74 Å². The molecular formula is C18H18O2. The minimum absolute atomic E-state index is 0.0400. The van der Waals surface area contributed by atoms with Gasteiger partial charge in [-0.25, -0.2) is 0 Å². The molecule has 0 N–H and O–H groups in total. The van der Waals surface area contributed by atoms with E-state index in [1.807, 2.05) is 55.5 Å². The maximum Gasteiger partial charge on any atom is 0.150 e. The van der Waals surface area contributed by atoms with Crippen molar-refractivity contribution < 1.29 is 9.53 Å². The van der Waals surface area contributed by atoms with Crippen LogP contribution in [0.2, 0.25) is 0 Å². The molecule has 0 fully saturated rings. The number of carbonyl (C=O) groups excluding carboxylic acids is 1. The first-order valence-corrected chi connectivity index (χ1v) is 6.65. The van der Waals surface area contributed by atoms with Crippen molar-refractivity contribution in [2.45, 2.75) is 19.4 Å². The Balaban J connectivity index is 2.24. The van der Waals surface area contributed by atoms with Crippen LogP contribution in [0.15, 0.2) is 61.2 Å². The third-order valence-electron chi connectivity index (χ3n) is 3.16. The molecular weight excluding hydrogens is 248 g/mol. The van der Waals surface area contributed by atoms with Crippen molar-refractivity contribution in [2.24, 2.45) is 0 Å². The molecule has 102 valence electrons. The molecule has 2 aromatic rings. The zero-order chi connectivity index (χ0) is 14.4. The van der Waals surface area contributed by atoms with Gasteiger partial charge in [-0.15, -0.1) is 6.58 Å². The molecule has 1 atom stereocenters. The number of allylic oxidation sites excluding steroid dienone is 1. The smallest absolute Gasteiger partial charge is 0.150 e. The number of carbonyl (C=O) groups is 1. The summed E-state index contributed by atoms with van der Waals surface area (Å²) in [5.74, 6) is 0.798. The van der Waals surface area contributed by atoms with Crippen LogP contribution in [0.4, 0.5) is 0 Å². The van der Waals surface area contributed by atoms with Crippen molar-refractivity contribution in [3.05, 3.63) is 77.9 Å². The van der Waals surface area contributed by atoms with Crippen molar-refractivity contribution in [1.82, 2.24) is 0 Å². The fraction of sp³-hybridized carbons (Fsp3) is 0.167. The molecule has 0 aliphatic rings. The first kappa shape index (κ1) is 14.1. The maximum absolute atomic E-state index is 10.9. The second-order valence-corrected chi connectivity index (χ2v) is 4.65. The molecule has 0 radical (unpaired) electrons. The molecule has 0 amide bonds. The summed E-state index contributed by atoms with van der Waals surface area (Å²) in [7, 11) is 0. The van der Waals surface area contributed by atoms with E-state index in [4.69, 9.17) is 4.74 Å². The molecule has 2 aromatic carbocycles. The quantitative estimate of drug-likeness (QED) is 0.573. The van der Waals surface area contributed by atoms with Gasteiger partial charge in [-0.1, -0.05) is 36.4 Å². The Morgan fingerprint density at radius 1 is 1.20 bits per heavy atom. The van der Waals surface area contributed by atoms with Gasteiger partial charge in [-0.2, -0.15) is 0 Å². The summed E-state index contributed by atoms with van der Waals surface area (Å²) >= 11 is 0. The molecule has 0 saturated heterocycles. The first-order valence-electron chi connectivity index (χ1n) is 6.65. The number of hydrogen-bond donors (Lipinski definition) is 0. The topological polar surface area (TPSA) is 26.3 Å². The summed E-state index contributed by atoms with van der Waals surface area (Å²) in [6.07, 6.45) is 3.29. The highest BCUT2D eigenvalue weighted by atomic mass is 16.5. The van der Waals surface area contributed by atoms with Gasteiger partial charge in [0, 0.05) is 5.56 Å². The predicted octanol–water partition coefficient (Wildman–Crippen LogP) is 4.37.